The molecule has 18 heteroatoms. The molecule has 0 aliphatic heterocycles. The van der Waals surface area contributed by atoms with Gasteiger partial charge in [-0.25, -0.2) is 31.4 Å². The maximum absolute atomic E-state index is 15.5. The van der Waals surface area contributed by atoms with Crippen LogP contribution in [0.4, 0.5) is 14.5 Å². The van der Waals surface area contributed by atoms with Gasteiger partial charge in [0.05, 0.1) is 50.8 Å². The minimum Gasteiger partial charge on any atom is -0.461 e. The fraction of sp³-hybridized carbons (Fsp3) is 0.282. The lowest BCUT2D eigenvalue weighted by atomic mass is 9.97. The second-order valence-electron chi connectivity index (χ2n) is 13.7. The van der Waals surface area contributed by atoms with Crippen molar-refractivity contribution in [3.63, 3.8) is 0 Å². The summed E-state index contributed by atoms with van der Waals surface area (Å²) in [4.78, 5) is 61.5. The molecule has 2 aromatic carbocycles. The Morgan fingerprint density at radius 2 is 1.70 bits per heavy atom. The predicted molar refractivity (Wildman–Crippen MR) is 205 cm³/mol. The van der Waals surface area contributed by atoms with E-state index in [0.717, 1.165) is 35.9 Å². The summed E-state index contributed by atoms with van der Waals surface area (Å²) in [5, 5.41) is 5.78. The zero-order valence-corrected chi connectivity index (χ0v) is 31.7. The molecule has 57 heavy (non-hydrogen) atoms. The molecule has 1 amide bonds. The third-order valence-corrected chi connectivity index (χ3v) is 11.3. The van der Waals surface area contributed by atoms with Crippen molar-refractivity contribution in [3.8, 4) is 11.4 Å². The second-order valence-corrected chi connectivity index (χ2v) is 15.4. The summed E-state index contributed by atoms with van der Waals surface area (Å²) in [5.41, 5.74) is -0.345. The minimum absolute atomic E-state index is 0.144. The fourth-order valence-electron chi connectivity index (χ4n) is 6.66. The van der Waals surface area contributed by atoms with Crippen LogP contribution in [0.1, 0.15) is 60.8 Å². The number of hydrogen-bond acceptors (Lipinski definition) is 9. The van der Waals surface area contributed by atoms with Gasteiger partial charge >= 0.3 is 11.7 Å². The van der Waals surface area contributed by atoms with E-state index >= 15 is 8.78 Å². The van der Waals surface area contributed by atoms with Gasteiger partial charge in [0.1, 0.15) is 23.8 Å². The van der Waals surface area contributed by atoms with Crippen molar-refractivity contribution in [1.82, 2.24) is 34.2 Å². The molecule has 0 bridgehead atoms. The van der Waals surface area contributed by atoms with Gasteiger partial charge in [-0.3, -0.25) is 38.6 Å². The summed E-state index contributed by atoms with van der Waals surface area (Å²) in [6.07, 6.45) is 10.1. The molecule has 3 N–H and O–H groups in total. The second kappa shape index (κ2) is 16.0. The number of sulfonamides is 1. The Balaban J connectivity index is 1.10. The molecule has 0 unspecified atom stereocenters. The molecule has 1 aliphatic rings. The fourth-order valence-corrected chi connectivity index (χ4v) is 7.72. The summed E-state index contributed by atoms with van der Waals surface area (Å²) in [6.45, 7) is 1.98. The Kier molecular flexibility index (Phi) is 10.9. The molecule has 0 saturated heterocycles. The Bertz CT molecular complexity index is 2690. The number of aromatic nitrogens is 6. The van der Waals surface area contributed by atoms with Crippen molar-refractivity contribution in [2.24, 2.45) is 7.05 Å². The lowest BCUT2D eigenvalue weighted by molar-refractivity contribution is -0.152. The van der Waals surface area contributed by atoms with Crippen LogP contribution >= 0.6 is 0 Å². The number of carbonyl (C=O) groups excluding carboxylic acids is 2. The number of fused-ring (bicyclic) bond motifs is 1. The Morgan fingerprint density at radius 3 is 2.39 bits per heavy atom. The highest BCUT2D eigenvalue weighted by molar-refractivity contribution is 7.92. The molecule has 1 atom stereocenters. The van der Waals surface area contributed by atoms with Gasteiger partial charge in [0.2, 0.25) is 0 Å². The SMILES string of the molecule is CCc1cn(-c2ccc(S(=O)(=O)Nc3cc(F)c(C(=O)N[C@@H](Cc4ccc(-n5c(=O)c6ccncc6n(C)c5=O)cn4)C(=O)OC4CCCCC4)cc3F)cc2)[nH]1. The number of anilines is 1. The molecule has 6 aromatic rings. The standard InChI is InChI=1S/C39H38F2N8O7S/c1-3-23-22-48(45-23)25-11-13-28(14-12-25)57(54,55)46-33-19-31(40)30(18-32(33)41)36(50)44-34(38(52)56-27-7-5-4-6-8-27)17-24-9-10-26(20-43-24)49-37(51)29-15-16-42-21-35(29)47(2)39(49)53/h9-16,18-22,27,34,45-46H,3-8,17H2,1-2H3,(H,44,50)/t34-/m0/s1. The van der Waals surface area contributed by atoms with Crippen molar-refractivity contribution in [3.05, 3.63) is 129 Å². The number of H-pyrrole nitrogens is 1. The normalized spacial score (nSPS) is 14.0. The first-order valence-corrected chi connectivity index (χ1v) is 19.7. The molecule has 7 rings (SSSR count). The maximum atomic E-state index is 15.5. The molecular formula is C39H38F2N8O7S. The Hall–Kier alpha value is -6.43. The quantitative estimate of drug-likeness (QED) is 0.150. The van der Waals surface area contributed by atoms with Crippen LogP contribution in [0.2, 0.25) is 0 Å². The minimum atomic E-state index is -4.37. The topological polar surface area (TPSA) is 192 Å². The maximum Gasteiger partial charge on any atom is 0.335 e. The van der Waals surface area contributed by atoms with Gasteiger partial charge in [-0.2, -0.15) is 0 Å². The number of esters is 1. The number of aryl methyl sites for hydroxylation is 2. The molecule has 1 fully saturated rings. The molecule has 4 heterocycles. The highest BCUT2D eigenvalue weighted by Gasteiger charge is 2.29. The lowest BCUT2D eigenvalue weighted by Crippen LogP contribution is -2.45. The molecule has 1 saturated carbocycles. The van der Waals surface area contributed by atoms with E-state index in [1.54, 1.807) is 16.8 Å². The van der Waals surface area contributed by atoms with E-state index in [4.69, 9.17) is 4.74 Å². The number of aromatic amines is 1. The third-order valence-electron chi connectivity index (χ3n) is 9.88. The number of ether oxygens (including phenoxy) is 1. The Morgan fingerprint density at radius 1 is 0.982 bits per heavy atom. The van der Waals surface area contributed by atoms with Gasteiger partial charge in [0.15, 0.2) is 0 Å². The van der Waals surface area contributed by atoms with E-state index in [1.165, 1.54) is 60.5 Å². The monoisotopic (exact) mass is 800 g/mol. The number of pyridine rings is 2. The number of halogens is 2. The van der Waals surface area contributed by atoms with Gasteiger partial charge in [0.25, 0.3) is 21.5 Å². The van der Waals surface area contributed by atoms with Crippen molar-refractivity contribution in [1.29, 1.82) is 0 Å². The largest absolute Gasteiger partial charge is 0.461 e. The number of rotatable bonds is 12. The molecule has 0 radical (unpaired) electrons. The molecular weight excluding hydrogens is 763 g/mol. The lowest BCUT2D eigenvalue weighted by Gasteiger charge is -2.25. The predicted octanol–water partition coefficient (Wildman–Crippen LogP) is 4.46. The van der Waals surface area contributed by atoms with E-state index < -0.39 is 68.2 Å². The first-order valence-electron chi connectivity index (χ1n) is 18.2. The van der Waals surface area contributed by atoms with Gasteiger partial charge in [-0.1, -0.05) is 13.3 Å². The van der Waals surface area contributed by atoms with Crippen LogP contribution in [0.15, 0.2) is 93.9 Å². The molecule has 1 aliphatic carbocycles. The Labute approximate surface area is 324 Å². The van der Waals surface area contributed by atoms with Crippen LogP contribution in [0.5, 0.6) is 0 Å². The zero-order chi connectivity index (χ0) is 40.4. The van der Waals surface area contributed by atoms with Crippen LogP contribution in [0.25, 0.3) is 22.3 Å². The molecule has 0 spiro atoms. The van der Waals surface area contributed by atoms with Gasteiger partial charge in [0, 0.05) is 43.3 Å². The van der Waals surface area contributed by atoms with Crippen molar-refractivity contribution < 1.29 is 31.5 Å². The number of nitrogens with zero attached hydrogens (tertiary/aromatic N) is 5. The van der Waals surface area contributed by atoms with Crippen molar-refractivity contribution >= 4 is 38.5 Å². The van der Waals surface area contributed by atoms with Gasteiger partial charge in [-0.05, 0) is 80.6 Å². The number of benzene rings is 2. The van der Waals surface area contributed by atoms with Gasteiger partial charge < -0.3 is 10.1 Å². The van der Waals surface area contributed by atoms with Crippen LogP contribution < -0.4 is 21.3 Å². The molecule has 296 valence electrons. The summed E-state index contributed by atoms with van der Waals surface area (Å²) >= 11 is 0. The van der Waals surface area contributed by atoms with E-state index in [0.29, 0.717) is 36.2 Å². The van der Waals surface area contributed by atoms with Gasteiger partial charge in [-0.15, -0.1) is 0 Å². The van der Waals surface area contributed by atoms with E-state index in [1.807, 2.05) is 17.8 Å². The van der Waals surface area contributed by atoms with E-state index in [9.17, 15) is 27.6 Å². The summed E-state index contributed by atoms with van der Waals surface area (Å²) < 4.78 is 68.7. The highest BCUT2D eigenvalue weighted by atomic mass is 32.2. The molecule has 15 nitrogen and oxygen atoms in total. The smallest absolute Gasteiger partial charge is 0.335 e. The number of carbonyl (C=O) groups is 2. The zero-order valence-electron chi connectivity index (χ0n) is 30.9. The van der Waals surface area contributed by atoms with Crippen molar-refractivity contribution in [2.75, 3.05) is 4.72 Å². The summed E-state index contributed by atoms with van der Waals surface area (Å²) in [6, 6.07) is 9.77. The van der Waals surface area contributed by atoms with E-state index in [-0.39, 0.29) is 28.1 Å². The van der Waals surface area contributed by atoms with Crippen LogP contribution in [0, 0.1) is 11.6 Å². The van der Waals surface area contributed by atoms with E-state index in [2.05, 4.69) is 20.4 Å². The first kappa shape index (κ1) is 38.8. The van der Waals surface area contributed by atoms with Crippen LogP contribution in [-0.4, -0.2) is 61.3 Å². The number of hydrogen-bond donors (Lipinski definition) is 3. The van der Waals surface area contributed by atoms with Crippen molar-refractivity contribution in [2.45, 2.75) is 68.9 Å². The summed E-state index contributed by atoms with van der Waals surface area (Å²) in [7, 11) is -2.87. The van der Waals surface area contributed by atoms with Crippen LogP contribution in [0.3, 0.4) is 0 Å². The highest BCUT2D eigenvalue weighted by Crippen LogP contribution is 2.25. The number of nitrogens with one attached hydrogen (secondary N) is 3. The number of amides is 1. The average Bonchev–Trinajstić information content (AvgIpc) is 3.18. The first-order chi connectivity index (χ1) is 27.3. The third kappa shape index (κ3) is 8.12. The summed E-state index contributed by atoms with van der Waals surface area (Å²) in [5.74, 6) is -4.49. The van der Waals surface area contributed by atoms with Crippen LogP contribution in [-0.2, 0) is 39.4 Å². The molecule has 4 aromatic heterocycles. The average molecular weight is 801 g/mol.